The van der Waals surface area contributed by atoms with Crippen LogP contribution in [-0.2, 0) is 7.05 Å². The highest BCUT2D eigenvalue weighted by molar-refractivity contribution is 9.10. The maximum absolute atomic E-state index is 11.2. The average molecular weight is 253 g/mol. The number of nitrogens with zero attached hydrogens (tertiary/aromatic N) is 2. The Hall–Kier alpha value is -1.16. The van der Waals surface area contributed by atoms with Gasteiger partial charge in [-0.05, 0) is 41.1 Å². The molecule has 0 saturated carbocycles. The molecule has 4 heteroatoms. The first kappa shape index (κ1) is 9.40. The summed E-state index contributed by atoms with van der Waals surface area (Å²) in [4.78, 5) is 11.2. The molecule has 2 rings (SSSR count). The number of benzene rings is 1. The van der Waals surface area contributed by atoms with E-state index in [2.05, 4.69) is 21.0 Å². The Morgan fingerprint density at radius 3 is 2.86 bits per heavy atom. The van der Waals surface area contributed by atoms with Gasteiger partial charge in [-0.1, -0.05) is 0 Å². The maximum atomic E-state index is 11.2. The van der Waals surface area contributed by atoms with Gasteiger partial charge in [0.05, 0.1) is 5.52 Å². The molecule has 2 aromatic rings. The highest BCUT2D eigenvalue weighted by Crippen LogP contribution is 2.23. The molecule has 72 valence electrons. The third kappa shape index (κ3) is 1.35. The van der Waals surface area contributed by atoms with Crippen LogP contribution >= 0.6 is 15.9 Å². The number of Topliss-reactive ketones (excluding diaryl/α,β-unsaturated/α-hetero) is 1. The summed E-state index contributed by atoms with van der Waals surface area (Å²) >= 11 is 3.36. The fraction of sp³-hybridized carbons (Fsp3) is 0.200. The van der Waals surface area contributed by atoms with E-state index in [0.717, 1.165) is 15.5 Å². The summed E-state index contributed by atoms with van der Waals surface area (Å²) in [5.74, 6) is 0.0719. The third-order valence-electron chi connectivity index (χ3n) is 2.21. The molecule has 1 aromatic carbocycles. The Balaban J connectivity index is 2.77. The van der Waals surface area contributed by atoms with Gasteiger partial charge >= 0.3 is 0 Å². The zero-order valence-electron chi connectivity index (χ0n) is 7.91. The van der Waals surface area contributed by atoms with Crippen molar-refractivity contribution < 1.29 is 4.79 Å². The Bertz CT molecular complexity index is 516. The van der Waals surface area contributed by atoms with Gasteiger partial charge in [-0.3, -0.25) is 9.48 Å². The van der Waals surface area contributed by atoms with Gasteiger partial charge < -0.3 is 0 Å². The van der Waals surface area contributed by atoms with E-state index >= 15 is 0 Å². The first-order valence-electron chi connectivity index (χ1n) is 4.23. The summed E-state index contributed by atoms with van der Waals surface area (Å²) in [6.45, 7) is 1.56. The molecule has 1 aromatic heterocycles. The number of hydrogen-bond donors (Lipinski definition) is 0. The topological polar surface area (TPSA) is 34.9 Å². The zero-order chi connectivity index (χ0) is 10.3. The third-order valence-corrected chi connectivity index (χ3v) is 2.80. The Morgan fingerprint density at radius 1 is 1.50 bits per heavy atom. The molecule has 14 heavy (non-hydrogen) atoms. The standard InChI is InChI=1S/C10H9BrN2O/c1-6(14)7-3-4-9-8(5-7)10(11)12-13(9)2/h3-5H,1-2H3. The average Bonchev–Trinajstić information content (AvgIpc) is 2.42. The van der Waals surface area contributed by atoms with Gasteiger partial charge in [0.25, 0.3) is 0 Å². The van der Waals surface area contributed by atoms with Crippen LogP contribution in [0.1, 0.15) is 17.3 Å². The summed E-state index contributed by atoms with van der Waals surface area (Å²) < 4.78 is 2.56. The highest BCUT2D eigenvalue weighted by atomic mass is 79.9. The molecule has 0 fully saturated rings. The molecule has 0 bridgehead atoms. The van der Waals surface area contributed by atoms with Gasteiger partial charge in [-0.25, -0.2) is 0 Å². The molecule has 0 aliphatic heterocycles. The fourth-order valence-corrected chi connectivity index (χ4v) is 2.00. The second kappa shape index (κ2) is 3.20. The number of hydrogen-bond acceptors (Lipinski definition) is 2. The lowest BCUT2D eigenvalue weighted by molar-refractivity contribution is 0.101. The second-order valence-electron chi connectivity index (χ2n) is 3.20. The quantitative estimate of drug-likeness (QED) is 0.732. The minimum Gasteiger partial charge on any atom is -0.295 e. The number of aryl methyl sites for hydroxylation is 1. The normalized spacial score (nSPS) is 10.8. The number of rotatable bonds is 1. The second-order valence-corrected chi connectivity index (χ2v) is 3.95. The van der Waals surface area contributed by atoms with Crippen LogP contribution in [0.25, 0.3) is 10.9 Å². The number of halogens is 1. The lowest BCUT2D eigenvalue weighted by atomic mass is 10.1. The number of aromatic nitrogens is 2. The van der Waals surface area contributed by atoms with Gasteiger partial charge in [-0.2, -0.15) is 5.10 Å². The molecular weight excluding hydrogens is 244 g/mol. The molecule has 0 N–H and O–H groups in total. The van der Waals surface area contributed by atoms with E-state index in [1.54, 1.807) is 11.6 Å². The van der Waals surface area contributed by atoms with E-state index in [1.165, 1.54) is 0 Å². The highest BCUT2D eigenvalue weighted by Gasteiger charge is 2.08. The van der Waals surface area contributed by atoms with Crippen LogP contribution in [-0.4, -0.2) is 15.6 Å². The van der Waals surface area contributed by atoms with Crippen molar-refractivity contribution in [2.24, 2.45) is 7.05 Å². The number of carbonyl (C=O) groups is 1. The van der Waals surface area contributed by atoms with Crippen LogP contribution in [0.2, 0.25) is 0 Å². The summed E-state index contributed by atoms with van der Waals surface area (Å²) in [5, 5.41) is 5.19. The van der Waals surface area contributed by atoms with Crippen molar-refractivity contribution in [3.63, 3.8) is 0 Å². The summed E-state index contributed by atoms with van der Waals surface area (Å²) in [6.07, 6.45) is 0. The van der Waals surface area contributed by atoms with Crippen molar-refractivity contribution in [2.75, 3.05) is 0 Å². The lowest BCUT2D eigenvalue weighted by Crippen LogP contribution is -1.92. The molecule has 0 amide bonds. The van der Waals surface area contributed by atoms with E-state index in [9.17, 15) is 4.79 Å². The smallest absolute Gasteiger partial charge is 0.159 e. The van der Waals surface area contributed by atoms with Crippen LogP contribution in [0.5, 0.6) is 0 Å². The van der Waals surface area contributed by atoms with E-state index in [4.69, 9.17) is 0 Å². The lowest BCUT2D eigenvalue weighted by Gasteiger charge is -1.96. The molecule has 0 atom stereocenters. The van der Waals surface area contributed by atoms with Crippen molar-refractivity contribution in [2.45, 2.75) is 6.92 Å². The Morgan fingerprint density at radius 2 is 2.21 bits per heavy atom. The van der Waals surface area contributed by atoms with Crippen molar-refractivity contribution in [3.8, 4) is 0 Å². The Kier molecular flexibility index (Phi) is 2.15. The minimum absolute atomic E-state index is 0.0719. The molecular formula is C10H9BrN2O. The fourth-order valence-electron chi connectivity index (χ4n) is 1.44. The van der Waals surface area contributed by atoms with Crippen molar-refractivity contribution >= 4 is 32.6 Å². The Labute approximate surface area is 89.8 Å². The molecule has 0 unspecified atom stereocenters. The van der Waals surface area contributed by atoms with Crippen molar-refractivity contribution in [1.29, 1.82) is 0 Å². The maximum Gasteiger partial charge on any atom is 0.159 e. The van der Waals surface area contributed by atoms with Crippen LogP contribution in [0.15, 0.2) is 22.8 Å². The first-order valence-corrected chi connectivity index (χ1v) is 5.02. The molecule has 0 aliphatic rings. The molecule has 0 saturated heterocycles. The van der Waals surface area contributed by atoms with E-state index < -0.39 is 0 Å². The molecule has 0 radical (unpaired) electrons. The number of fused-ring (bicyclic) bond motifs is 1. The summed E-state index contributed by atoms with van der Waals surface area (Å²) in [6, 6.07) is 5.58. The molecule has 3 nitrogen and oxygen atoms in total. The van der Waals surface area contributed by atoms with Gasteiger partial charge in [0.2, 0.25) is 0 Å². The van der Waals surface area contributed by atoms with Crippen molar-refractivity contribution in [1.82, 2.24) is 9.78 Å². The predicted molar refractivity (Wildman–Crippen MR) is 58.4 cm³/mol. The minimum atomic E-state index is 0.0719. The predicted octanol–water partition coefficient (Wildman–Crippen LogP) is 2.54. The van der Waals surface area contributed by atoms with Crippen LogP contribution in [0, 0.1) is 0 Å². The van der Waals surface area contributed by atoms with Gasteiger partial charge in [0, 0.05) is 18.0 Å². The van der Waals surface area contributed by atoms with Crippen LogP contribution < -0.4 is 0 Å². The largest absolute Gasteiger partial charge is 0.295 e. The molecule has 1 heterocycles. The first-order chi connectivity index (χ1) is 6.59. The SMILES string of the molecule is CC(=O)c1ccc2c(c1)c(Br)nn2C. The van der Waals surface area contributed by atoms with E-state index in [0.29, 0.717) is 5.56 Å². The number of ketones is 1. The van der Waals surface area contributed by atoms with Crippen LogP contribution in [0.3, 0.4) is 0 Å². The van der Waals surface area contributed by atoms with Gasteiger partial charge in [-0.15, -0.1) is 0 Å². The monoisotopic (exact) mass is 252 g/mol. The van der Waals surface area contributed by atoms with Crippen LogP contribution in [0.4, 0.5) is 0 Å². The van der Waals surface area contributed by atoms with E-state index in [1.807, 2.05) is 25.2 Å². The van der Waals surface area contributed by atoms with Gasteiger partial charge in [0.15, 0.2) is 5.78 Å². The van der Waals surface area contributed by atoms with Gasteiger partial charge in [0.1, 0.15) is 4.60 Å². The molecule has 0 spiro atoms. The van der Waals surface area contributed by atoms with Crippen molar-refractivity contribution in [3.05, 3.63) is 28.4 Å². The summed E-state index contributed by atoms with van der Waals surface area (Å²) in [7, 11) is 1.88. The zero-order valence-corrected chi connectivity index (χ0v) is 9.50. The molecule has 0 aliphatic carbocycles. The van der Waals surface area contributed by atoms with E-state index in [-0.39, 0.29) is 5.78 Å². The number of carbonyl (C=O) groups excluding carboxylic acids is 1. The summed E-state index contributed by atoms with van der Waals surface area (Å²) in [5.41, 5.74) is 1.73.